The lowest BCUT2D eigenvalue weighted by molar-refractivity contribution is -0.120. The van der Waals surface area contributed by atoms with Gasteiger partial charge in [-0.3, -0.25) is 4.79 Å². The molecule has 8 heteroatoms. The Bertz CT molecular complexity index is 786. The Balaban J connectivity index is 1.90. The molecule has 2 aromatic rings. The van der Waals surface area contributed by atoms with Crippen LogP contribution in [0.2, 0.25) is 5.02 Å². The minimum atomic E-state index is -2.92. The van der Waals surface area contributed by atoms with E-state index < -0.39 is 6.61 Å². The molecule has 0 radical (unpaired) electrons. The Kier molecular flexibility index (Phi) is 7.67. The standard InChI is InChI=1S/C19H20ClF2NO4/c1-25-15-6-4-14(20)10-13(15)11-18(24)23-8-7-12-3-5-16(27-19(21)22)17(9-12)26-2/h3-6,9-10,19H,7-8,11H2,1-2H3,(H,23,24). The number of alkyl halides is 2. The summed E-state index contributed by atoms with van der Waals surface area (Å²) in [5, 5.41) is 3.33. The van der Waals surface area contributed by atoms with Gasteiger partial charge < -0.3 is 19.5 Å². The molecule has 0 fully saturated rings. The zero-order chi connectivity index (χ0) is 19.8. The minimum absolute atomic E-state index is 0.0339. The zero-order valence-electron chi connectivity index (χ0n) is 14.9. The number of hydrogen-bond acceptors (Lipinski definition) is 4. The summed E-state index contributed by atoms with van der Waals surface area (Å²) in [6, 6.07) is 9.75. The fraction of sp³-hybridized carbons (Fsp3) is 0.316. The van der Waals surface area contributed by atoms with Crippen molar-refractivity contribution in [2.75, 3.05) is 20.8 Å². The summed E-state index contributed by atoms with van der Waals surface area (Å²) in [7, 11) is 2.90. The number of nitrogens with one attached hydrogen (secondary N) is 1. The molecule has 0 aliphatic heterocycles. The summed E-state index contributed by atoms with van der Waals surface area (Å²) in [6.45, 7) is -2.55. The average molecular weight is 400 g/mol. The molecule has 0 aromatic heterocycles. The van der Waals surface area contributed by atoms with Crippen LogP contribution in [-0.2, 0) is 17.6 Å². The van der Waals surface area contributed by atoms with E-state index in [9.17, 15) is 13.6 Å². The van der Waals surface area contributed by atoms with Gasteiger partial charge in [-0.1, -0.05) is 17.7 Å². The highest BCUT2D eigenvalue weighted by atomic mass is 35.5. The van der Waals surface area contributed by atoms with Crippen LogP contribution in [0, 0.1) is 0 Å². The predicted octanol–water partition coefficient (Wildman–Crippen LogP) is 3.86. The number of methoxy groups -OCH3 is 2. The Morgan fingerprint density at radius 1 is 1.07 bits per heavy atom. The molecule has 1 amide bonds. The fourth-order valence-corrected chi connectivity index (χ4v) is 2.72. The van der Waals surface area contributed by atoms with Crippen LogP contribution in [0.4, 0.5) is 8.78 Å². The molecular formula is C19H20ClF2NO4. The van der Waals surface area contributed by atoms with E-state index in [1.807, 2.05) is 0 Å². The van der Waals surface area contributed by atoms with Crippen molar-refractivity contribution < 1.29 is 27.8 Å². The molecule has 0 saturated heterocycles. The summed E-state index contributed by atoms with van der Waals surface area (Å²) < 4.78 is 39.3. The van der Waals surface area contributed by atoms with Gasteiger partial charge in [0.05, 0.1) is 20.6 Å². The maximum Gasteiger partial charge on any atom is 0.387 e. The van der Waals surface area contributed by atoms with Gasteiger partial charge in [-0.2, -0.15) is 8.78 Å². The third-order valence-electron chi connectivity index (χ3n) is 3.77. The monoisotopic (exact) mass is 399 g/mol. The van der Waals surface area contributed by atoms with E-state index in [1.165, 1.54) is 20.3 Å². The van der Waals surface area contributed by atoms with Crippen molar-refractivity contribution in [3.05, 3.63) is 52.5 Å². The summed E-state index contributed by atoms with van der Waals surface area (Å²) in [5.74, 6) is 0.588. The lowest BCUT2D eigenvalue weighted by atomic mass is 10.1. The van der Waals surface area contributed by atoms with Gasteiger partial charge in [-0.15, -0.1) is 0 Å². The van der Waals surface area contributed by atoms with Crippen molar-refractivity contribution >= 4 is 17.5 Å². The number of hydrogen-bond donors (Lipinski definition) is 1. The van der Waals surface area contributed by atoms with Gasteiger partial charge in [0, 0.05) is 17.1 Å². The number of halogens is 3. The van der Waals surface area contributed by atoms with E-state index in [1.54, 1.807) is 30.3 Å². The molecule has 2 rings (SSSR count). The molecule has 0 heterocycles. The molecule has 5 nitrogen and oxygen atoms in total. The molecular weight excluding hydrogens is 380 g/mol. The molecule has 146 valence electrons. The second kappa shape index (κ2) is 9.97. The first-order valence-electron chi connectivity index (χ1n) is 8.13. The van der Waals surface area contributed by atoms with Crippen molar-refractivity contribution in [2.45, 2.75) is 19.5 Å². The number of rotatable bonds is 9. The van der Waals surface area contributed by atoms with E-state index in [0.29, 0.717) is 29.3 Å². The average Bonchev–Trinajstić information content (AvgIpc) is 2.62. The molecule has 1 N–H and O–H groups in total. The maximum absolute atomic E-state index is 12.3. The molecule has 0 aliphatic carbocycles. The lowest BCUT2D eigenvalue weighted by Gasteiger charge is -2.12. The Labute approximate surface area is 161 Å². The van der Waals surface area contributed by atoms with Gasteiger partial charge in [0.2, 0.25) is 5.91 Å². The van der Waals surface area contributed by atoms with E-state index in [-0.39, 0.29) is 23.8 Å². The summed E-state index contributed by atoms with van der Waals surface area (Å²) in [6.07, 6.45) is 0.637. The smallest absolute Gasteiger partial charge is 0.387 e. The van der Waals surface area contributed by atoms with E-state index >= 15 is 0 Å². The first kappa shape index (κ1) is 20.8. The quantitative estimate of drug-likeness (QED) is 0.695. The molecule has 2 aromatic carbocycles. The highest BCUT2D eigenvalue weighted by molar-refractivity contribution is 6.30. The predicted molar refractivity (Wildman–Crippen MR) is 98.0 cm³/mol. The summed E-state index contributed by atoms with van der Waals surface area (Å²) in [5.41, 5.74) is 1.51. The van der Waals surface area contributed by atoms with Crippen LogP contribution in [0.25, 0.3) is 0 Å². The van der Waals surface area contributed by atoms with Crippen LogP contribution < -0.4 is 19.5 Å². The van der Waals surface area contributed by atoms with Gasteiger partial charge in [-0.05, 0) is 42.3 Å². The second-order valence-corrected chi connectivity index (χ2v) is 6.03. The van der Waals surface area contributed by atoms with Crippen LogP contribution in [0.1, 0.15) is 11.1 Å². The topological polar surface area (TPSA) is 56.8 Å². The Morgan fingerprint density at radius 3 is 2.44 bits per heavy atom. The summed E-state index contributed by atoms with van der Waals surface area (Å²) in [4.78, 5) is 12.1. The highest BCUT2D eigenvalue weighted by Crippen LogP contribution is 2.29. The van der Waals surface area contributed by atoms with Crippen LogP contribution in [-0.4, -0.2) is 33.3 Å². The SMILES string of the molecule is COc1ccc(Cl)cc1CC(=O)NCCc1ccc(OC(F)F)c(OC)c1. The molecule has 0 bridgehead atoms. The van der Waals surface area contributed by atoms with Gasteiger partial charge in [-0.25, -0.2) is 0 Å². The minimum Gasteiger partial charge on any atom is -0.496 e. The van der Waals surface area contributed by atoms with E-state index in [4.69, 9.17) is 21.1 Å². The van der Waals surface area contributed by atoms with E-state index in [2.05, 4.69) is 10.1 Å². The normalized spacial score (nSPS) is 10.6. The number of carbonyl (C=O) groups is 1. The number of ether oxygens (including phenoxy) is 3. The Morgan fingerprint density at radius 2 is 1.78 bits per heavy atom. The Hall–Kier alpha value is -2.54. The van der Waals surface area contributed by atoms with Crippen molar-refractivity contribution in [3.63, 3.8) is 0 Å². The van der Waals surface area contributed by atoms with Crippen LogP contribution >= 0.6 is 11.6 Å². The lowest BCUT2D eigenvalue weighted by Crippen LogP contribution is -2.27. The zero-order valence-corrected chi connectivity index (χ0v) is 15.7. The molecule has 0 aliphatic rings. The summed E-state index contributed by atoms with van der Waals surface area (Å²) >= 11 is 5.96. The first-order chi connectivity index (χ1) is 12.9. The van der Waals surface area contributed by atoms with Crippen LogP contribution in [0.3, 0.4) is 0 Å². The van der Waals surface area contributed by atoms with Gasteiger partial charge in [0.25, 0.3) is 0 Å². The largest absolute Gasteiger partial charge is 0.496 e. The van der Waals surface area contributed by atoms with Gasteiger partial charge >= 0.3 is 6.61 Å². The van der Waals surface area contributed by atoms with Gasteiger partial charge in [0.15, 0.2) is 11.5 Å². The number of benzene rings is 2. The van der Waals surface area contributed by atoms with Crippen molar-refractivity contribution in [1.29, 1.82) is 0 Å². The van der Waals surface area contributed by atoms with E-state index in [0.717, 1.165) is 5.56 Å². The van der Waals surface area contributed by atoms with Crippen LogP contribution in [0.5, 0.6) is 17.2 Å². The third kappa shape index (κ3) is 6.29. The first-order valence-corrected chi connectivity index (χ1v) is 8.51. The molecule has 0 spiro atoms. The van der Waals surface area contributed by atoms with Gasteiger partial charge in [0.1, 0.15) is 5.75 Å². The number of carbonyl (C=O) groups excluding carboxylic acids is 1. The molecule has 0 saturated carbocycles. The van der Waals surface area contributed by atoms with Crippen molar-refractivity contribution in [1.82, 2.24) is 5.32 Å². The number of amides is 1. The van der Waals surface area contributed by atoms with Crippen molar-refractivity contribution in [3.8, 4) is 17.2 Å². The van der Waals surface area contributed by atoms with Crippen molar-refractivity contribution in [2.24, 2.45) is 0 Å². The molecule has 0 unspecified atom stereocenters. The second-order valence-electron chi connectivity index (χ2n) is 5.60. The fourth-order valence-electron chi connectivity index (χ4n) is 2.53. The third-order valence-corrected chi connectivity index (χ3v) is 4.01. The maximum atomic E-state index is 12.3. The molecule has 27 heavy (non-hydrogen) atoms. The van der Waals surface area contributed by atoms with Crippen LogP contribution in [0.15, 0.2) is 36.4 Å². The molecule has 0 atom stereocenters. The highest BCUT2D eigenvalue weighted by Gasteiger charge is 2.12.